The number of carbonyl (C=O) groups excluding carboxylic acids is 2. The second-order valence-corrected chi connectivity index (χ2v) is 22.8. The van der Waals surface area contributed by atoms with Crippen LogP contribution in [0.5, 0.6) is 0 Å². The topological polar surface area (TPSA) is 95.9 Å². The van der Waals surface area contributed by atoms with Crippen molar-refractivity contribution >= 4 is 11.9 Å². The molecule has 73 heavy (non-hydrogen) atoms. The first kappa shape index (κ1) is 71.3. The molecular formula is C67H129NO5. The molecule has 0 bridgehead atoms. The fraction of sp³-hybridized carbons (Fsp3) is 0.910. The first-order valence-electron chi connectivity index (χ1n) is 33.1. The molecule has 3 N–H and O–H groups in total. The fourth-order valence-electron chi connectivity index (χ4n) is 10.4. The Morgan fingerprint density at radius 2 is 0.685 bits per heavy atom. The average Bonchev–Trinajstić information content (AvgIpc) is 3.39. The SMILES string of the molecule is CCCCC/C=C\C/C=C\CCCCCCCCCC(=O)OCCCCCCCCCCCCCCCCCCCCCCC(=O)NC(CO)C(O)CCCCCCCCCCCCCCCCCCCCC. The lowest BCUT2D eigenvalue weighted by Gasteiger charge is -2.22. The number of amides is 1. The Morgan fingerprint density at radius 3 is 1.07 bits per heavy atom. The zero-order valence-corrected chi connectivity index (χ0v) is 49.4. The van der Waals surface area contributed by atoms with Gasteiger partial charge in [-0.05, 0) is 57.8 Å². The van der Waals surface area contributed by atoms with E-state index in [9.17, 15) is 19.8 Å². The summed E-state index contributed by atoms with van der Waals surface area (Å²) in [7, 11) is 0. The van der Waals surface area contributed by atoms with Crippen molar-refractivity contribution in [2.45, 2.75) is 379 Å². The van der Waals surface area contributed by atoms with Crippen molar-refractivity contribution in [3.8, 4) is 0 Å². The van der Waals surface area contributed by atoms with Crippen molar-refractivity contribution < 1.29 is 24.5 Å². The summed E-state index contributed by atoms with van der Waals surface area (Å²) in [5.74, 6) is -0.0297. The minimum Gasteiger partial charge on any atom is -0.466 e. The summed E-state index contributed by atoms with van der Waals surface area (Å²) >= 11 is 0. The summed E-state index contributed by atoms with van der Waals surface area (Å²) in [6.45, 7) is 4.95. The molecule has 432 valence electrons. The molecule has 0 aromatic heterocycles. The zero-order chi connectivity index (χ0) is 52.9. The van der Waals surface area contributed by atoms with Gasteiger partial charge in [-0.15, -0.1) is 0 Å². The molecule has 0 radical (unpaired) electrons. The maximum atomic E-state index is 12.5. The summed E-state index contributed by atoms with van der Waals surface area (Å²) in [5, 5.41) is 23.4. The van der Waals surface area contributed by atoms with Gasteiger partial charge < -0.3 is 20.3 Å². The number of aliphatic hydroxyl groups is 2. The van der Waals surface area contributed by atoms with Crippen molar-refractivity contribution in [2.75, 3.05) is 13.2 Å². The number of hydrogen-bond acceptors (Lipinski definition) is 5. The summed E-state index contributed by atoms with van der Waals surface area (Å²) in [4.78, 5) is 24.6. The van der Waals surface area contributed by atoms with E-state index < -0.39 is 12.1 Å². The average molecular weight is 1030 g/mol. The molecule has 0 fully saturated rings. The van der Waals surface area contributed by atoms with Crippen LogP contribution in [0.15, 0.2) is 24.3 Å². The van der Waals surface area contributed by atoms with Crippen LogP contribution in [-0.2, 0) is 14.3 Å². The summed E-state index contributed by atoms with van der Waals surface area (Å²) in [5.41, 5.74) is 0. The Kier molecular flexibility index (Phi) is 61.4. The maximum absolute atomic E-state index is 12.5. The molecule has 0 saturated heterocycles. The molecule has 6 nitrogen and oxygen atoms in total. The number of hydrogen-bond donors (Lipinski definition) is 3. The Hall–Kier alpha value is -1.66. The van der Waals surface area contributed by atoms with Crippen molar-refractivity contribution in [3.63, 3.8) is 0 Å². The molecule has 0 spiro atoms. The Bertz CT molecular complexity index is 1140. The van der Waals surface area contributed by atoms with Crippen LogP contribution < -0.4 is 5.32 Å². The number of unbranched alkanes of at least 4 members (excludes halogenated alkanes) is 47. The molecule has 0 aliphatic rings. The number of ether oxygens (including phenoxy) is 1. The second-order valence-electron chi connectivity index (χ2n) is 22.8. The summed E-state index contributed by atoms with van der Waals surface area (Å²) in [6.07, 6.45) is 77.6. The third kappa shape index (κ3) is 59.4. The highest BCUT2D eigenvalue weighted by Crippen LogP contribution is 2.18. The quantitative estimate of drug-likeness (QED) is 0.0320. The largest absolute Gasteiger partial charge is 0.466 e. The Morgan fingerprint density at radius 1 is 0.384 bits per heavy atom. The first-order valence-corrected chi connectivity index (χ1v) is 33.1. The van der Waals surface area contributed by atoms with E-state index in [0.29, 0.717) is 25.9 Å². The summed E-state index contributed by atoms with van der Waals surface area (Å²) in [6, 6.07) is -0.544. The molecule has 0 heterocycles. The first-order chi connectivity index (χ1) is 36.0. The minimum absolute atomic E-state index is 0.00369. The molecule has 0 aliphatic carbocycles. The molecule has 0 rings (SSSR count). The molecule has 0 aromatic carbocycles. The maximum Gasteiger partial charge on any atom is 0.305 e. The molecule has 2 atom stereocenters. The predicted octanol–water partition coefficient (Wildman–Crippen LogP) is 21.0. The number of esters is 1. The van der Waals surface area contributed by atoms with Gasteiger partial charge in [-0.1, -0.05) is 321 Å². The van der Waals surface area contributed by atoms with Gasteiger partial charge in [0, 0.05) is 12.8 Å². The Labute approximate surface area is 456 Å². The lowest BCUT2D eigenvalue weighted by Crippen LogP contribution is -2.45. The lowest BCUT2D eigenvalue weighted by molar-refractivity contribution is -0.143. The van der Waals surface area contributed by atoms with Gasteiger partial charge in [0.1, 0.15) is 0 Å². The molecule has 1 amide bonds. The third-order valence-corrected chi connectivity index (χ3v) is 15.5. The highest BCUT2D eigenvalue weighted by Gasteiger charge is 2.20. The van der Waals surface area contributed by atoms with Gasteiger partial charge in [-0.25, -0.2) is 0 Å². The van der Waals surface area contributed by atoms with Crippen molar-refractivity contribution in [3.05, 3.63) is 24.3 Å². The van der Waals surface area contributed by atoms with Crippen molar-refractivity contribution in [1.82, 2.24) is 5.32 Å². The van der Waals surface area contributed by atoms with Gasteiger partial charge in [0.15, 0.2) is 0 Å². The number of aliphatic hydroxyl groups excluding tert-OH is 2. The van der Waals surface area contributed by atoms with Crippen LogP contribution in [0.2, 0.25) is 0 Å². The highest BCUT2D eigenvalue weighted by molar-refractivity contribution is 5.76. The molecule has 0 aliphatic heterocycles. The molecule has 6 heteroatoms. The van der Waals surface area contributed by atoms with Gasteiger partial charge in [-0.2, -0.15) is 0 Å². The predicted molar refractivity (Wildman–Crippen MR) is 320 cm³/mol. The van der Waals surface area contributed by atoms with E-state index in [1.807, 2.05) is 0 Å². The van der Waals surface area contributed by atoms with Crippen molar-refractivity contribution in [1.29, 1.82) is 0 Å². The van der Waals surface area contributed by atoms with Gasteiger partial charge >= 0.3 is 5.97 Å². The van der Waals surface area contributed by atoms with Crippen molar-refractivity contribution in [2.24, 2.45) is 0 Å². The fourth-order valence-corrected chi connectivity index (χ4v) is 10.4. The highest BCUT2D eigenvalue weighted by atomic mass is 16.5. The number of carbonyl (C=O) groups is 2. The van der Waals surface area contributed by atoms with E-state index in [1.54, 1.807) is 0 Å². The number of rotatable bonds is 62. The van der Waals surface area contributed by atoms with Gasteiger partial charge in [-0.3, -0.25) is 9.59 Å². The van der Waals surface area contributed by atoms with Crippen LogP contribution in [0.3, 0.4) is 0 Å². The van der Waals surface area contributed by atoms with Gasteiger partial charge in [0.05, 0.1) is 25.4 Å². The van der Waals surface area contributed by atoms with E-state index in [0.717, 1.165) is 51.4 Å². The van der Waals surface area contributed by atoms with E-state index >= 15 is 0 Å². The Balaban J connectivity index is 3.39. The van der Waals surface area contributed by atoms with Crippen LogP contribution in [0.4, 0.5) is 0 Å². The number of allylic oxidation sites excluding steroid dienone is 4. The molecule has 0 saturated carbocycles. The molecular weight excluding hydrogens is 899 g/mol. The standard InChI is InChI=1S/C67H129NO5/c1-3-5-7-9-11-13-15-17-19-21-24-28-31-35-39-43-47-51-55-59-65(70)64(63-69)68-66(71)60-56-52-48-44-40-36-32-29-25-22-23-26-30-34-38-42-46-50-54-58-62-73-67(72)61-57-53-49-45-41-37-33-27-20-18-16-14-12-10-8-6-4-2/h12,14,18,20,64-65,69-70H,3-11,13,15-17,19,21-63H2,1-2H3,(H,68,71)/b14-12-,20-18-. The monoisotopic (exact) mass is 1030 g/mol. The van der Waals surface area contributed by atoms with Crippen LogP contribution in [0.25, 0.3) is 0 Å². The van der Waals surface area contributed by atoms with Crippen LogP contribution in [0.1, 0.15) is 367 Å². The minimum atomic E-state index is -0.666. The number of nitrogens with one attached hydrogen (secondary N) is 1. The van der Waals surface area contributed by atoms with E-state index in [4.69, 9.17) is 4.74 Å². The third-order valence-electron chi connectivity index (χ3n) is 15.5. The van der Waals surface area contributed by atoms with Crippen LogP contribution >= 0.6 is 0 Å². The van der Waals surface area contributed by atoms with Gasteiger partial charge in [0.25, 0.3) is 0 Å². The molecule has 0 aromatic rings. The van der Waals surface area contributed by atoms with Crippen LogP contribution in [0, 0.1) is 0 Å². The van der Waals surface area contributed by atoms with E-state index in [-0.39, 0.29) is 18.5 Å². The van der Waals surface area contributed by atoms with E-state index in [2.05, 4.69) is 43.5 Å². The lowest BCUT2D eigenvalue weighted by atomic mass is 10.0. The normalized spacial score (nSPS) is 12.7. The zero-order valence-electron chi connectivity index (χ0n) is 49.4. The molecule has 2 unspecified atom stereocenters. The smallest absolute Gasteiger partial charge is 0.305 e. The second kappa shape index (κ2) is 62.9. The van der Waals surface area contributed by atoms with E-state index in [1.165, 1.54) is 283 Å². The van der Waals surface area contributed by atoms with Crippen LogP contribution in [-0.4, -0.2) is 47.4 Å². The summed E-state index contributed by atoms with van der Waals surface area (Å²) < 4.78 is 5.49. The van der Waals surface area contributed by atoms with Gasteiger partial charge in [0.2, 0.25) is 5.91 Å².